The Balaban J connectivity index is 1.66. The molecule has 0 spiro atoms. The van der Waals surface area contributed by atoms with Crippen LogP contribution in [0.15, 0.2) is 59.1 Å². The van der Waals surface area contributed by atoms with Gasteiger partial charge in [-0.05, 0) is 44.3 Å². The lowest BCUT2D eigenvalue weighted by atomic mass is 10.2. The van der Waals surface area contributed by atoms with Crippen LogP contribution in [0, 0.1) is 5.82 Å². The van der Waals surface area contributed by atoms with Crippen LogP contribution in [0.5, 0.6) is 5.75 Å². The van der Waals surface area contributed by atoms with Gasteiger partial charge in [-0.3, -0.25) is 4.90 Å². The zero-order valence-electron chi connectivity index (χ0n) is 14.4. The minimum absolute atomic E-state index is 0.267. The van der Waals surface area contributed by atoms with Crippen LogP contribution >= 0.6 is 0 Å². The number of nitrogens with zero attached hydrogens (tertiary/aromatic N) is 2. The Bertz CT molecular complexity index is 815. The minimum atomic E-state index is -0.267. The number of rotatable bonds is 7. The summed E-state index contributed by atoms with van der Waals surface area (Å²) in [5.41, 5.74) is 1.93. The fourth-order valence-corrected chi connectivity index (χ4v) is 2.64. The van der Waals surface area contributed by atoms with E-state index in [4.69, 9.17) is 9.15 Å². The van der Waals surface area contributed by atoms with Crippen molar-refractivity contribution in [2.45, 2.75) is 20.0 Å². The molecule has 0 unspecified atom stereocenters. The zero-order valence-corrected chi connectivity index (χ0v) is 14.4. The van der Waals surface area contributed by atoms with Gasteiger partial charge in [0.25, 0.3) is 0 Å². The Hall–Kier alpha value is -2.66. The van der Waals surface area contributed by atoms with E-state index in [2.05, 4.69) is 16.0 Å². The summed E-state index contributed by atoms with van der Waals surface area (Å²) < 4.78 is 24.5. The normalized spacial score (nSPS) is 11.0. The van der Waals surface area contributed by atoms with Crippen molar-refractivity contribution in [2.24, 2.45) is 0 Å². The fraction of sp³-hybridized carbons (Fsp3) is 0.250. The summed E-state index contributed by atoms with van der Waals surface area (Å²) in [6, 6.07) is 14.2. The lowest BCUT2D eigenvalue weighted by molar-refractivity contribution is 0.273. The van der Waals surface area contributed by atoms with E-state index in [0.29, 0.717) is 24.8 Å². The molecule has 5 heteroatoms. The van der Waals surface area contributed by atoms with Gasteiger partial charge in [0.05, 0.1) is 19.3 Å². The van der Waals surface area contributed by atoms with Gasteiger partial charge < -0.3 is 9.15 Å². The SMILES string of the molecule is CCOc1ccccc1CN(C)Cc1ncc(-c2ccc(F)cc2)o1. The second kappa shape index (κ2) is 7.94. The summed E-state index contributed by atoms with van der Waals surface area (Å²) in [6.45, 7) is 3.91. The molecule has 130 valence electrons. The molecule has 3 rings (SSSR count). The van der Waals surface area contributed by atoms with Crippen LogP contribution in [0.2, 0.25) is 0 Å². The number of halogens is 1. The summed E-state index contributed by atoms with van der Waals surface area (Å²) in [6.07, 6.45) is 1.67. The van der Waals surface area contributed by atoms with Crippen LogP contribution in [0.1, 0.15) is 18.4 Å². The predicted molar refractivity (Wildman–Crippen MR) is 94.7 cm³/mol. The smallest absolute Gasteiger partial charge is 0.209 e. The van der Waals surface area contributed by atoms with Crippen molar-refractivity contribution in [1.82, 2.24) is 9.88 Å². The summed E-state index contributed by atoms with van der Waals surface area (Å²) >= 11 is 0. The Morgan fingerprint density at radius 2 is 1.84 bits per heavy atom. The molecule has 0 bridgehead atoms. The molecule has 25 heavy (non-hydrogen) atoms. The average molecular weight is 340 g/mol. The number of para-hydroxylation sites is 1. The molecule has 0 radical (unpaired) electrons. The highest BCUT2D eigenvalue weighted by atomic mass is 19.1. The Labute approximate surface area is 146 Å². The van der Waals surface area contributed by atoms with Crippen LogP contribution < -0.4 is 4.74 Å². The Morgan fingerprint density at radius 1 is 1.08 bits per heavy atom. The first-order valence-electron chi connectivity index (χ1n) is 8.25. The summed E-state index contributed by atoms with van der Waals surface area (Å²) in [4.78, 5) is 6.43. The van der Waals surface area contributed by atoms with Crippen molar-refractivity contribution < 1.29 is 13.5 Å². The molecule has 0 N–H and O–H groups in total. The third kappa shape index (κ3) is 4.45. The molecule has 0 atom stereocenters. The number of benzene rings is 2. The molecular weight excluding hydrogens is 319 g/mol. The van der Waals surface area contributed by atoms with Gasteiger partial charge >= 0.3 is 0 Å². The quantitative estimate of drug-likeness (QED) is 0.634. The molecule has 1 heterocycles. The first-order valence-corrected chi connectivity index (χ1v) is 8.25. The molecule has 3 aromatic rings. The highest BCUT2D eigenvalue weighted by Gasteiger charge is 2.11. The van der Waals surface area contributed by atoms with E-state index in [-0.39, 0.29) is 5.82 Å². The van der Waals surface area contributed by atoms with E-state index >= 15 is 0 Å². The number of hydrogen-bond donors (Lipinski definition) is 0. The first-order chi connectivity index (χ1) is 12.2. The van der Waals surface area contributed by atoms with Crippen molar-refractivity contribution >= 4 is 0 Å². The van der Waals surface area contributed by atoms with Gasteiger partial charge in [-0.15, -0.1) is 0 Å². The zero-order chi connectivity index (χ0) is 17.6. The van der Waals surface area contributed by atoms with Gasteiger partial charge in [0.1, 0.15) is 11.6 Å². The van der Waals surface area contributed by atoms with Gasteiger partial charge in [-0.1, -0.05) is 18.2 Å². The van der Waals surface area contributed by atoms with Crippen LogP contribution in [-0.2, 0) is 13.1 Å². The van der Waals surface area contributed by atoms with E-state index in [9.17, 15) is 4.39 Å². The number of aromatic nitrogens is 1. The van der Waals surface area contributed by atoms with E-state index in [1.165, 1.54) is 12.1 Å². The molecule has 0 fully saturated rings. The van der Waals surface area contributed by atoms with Gasteiger partial charge in [0.15, 0.2) is 5.76 Å². The average Bonchev–Trinajstić information content (AvgIpc) is 3.06. The third-order valence-corrected chi connectivity index (χ3v) is 3.80. The molecule has 0 saturated heterocycles. The molecule has 4 nitrogen and oxygen atoms in total. The molecule has 0 aliphatic carbocycles. The van der Waals surface area contributed by atoms with Crippen molar-refractivity contribution in [3.8, 4) is 17.1 Å². The molecular formula is C20H21FN2O2. The number of oxazole rings is 1. The van der Waals surface area contributed by atoms with Crippen LogP contribution in [0.4, 0.5) is 4.39 Å². The summed E-state index contributed by atoms with van der Waals surface area (Å²) in [7, 11) is 2.00. The third-order valence-electron chi connectivity index (χ3n) is 3.80. The van der Waals surface area contributed by atoms with Gasteiger partial charge in [-0.25, -0.2) is 9.37 Å². The van der Waals surface area contributed by atoms with Gasteiger partial charge in [0, 0.05) is 17.7 Å². The highest BCUT2D eigenvalue weighted by Crippen LogP contribution is 2.23. The monoisotopic (exact) mass is 340 g/mol. The first kappa shape index (κ1) is 17.2. The molecule has 0 saturated carbocycles. The lowest BCUT2D eigenvalue weighted by Crippen LogP contribution is -2.18. The topological polar surface area (TPSA) is 38.5 Å². The molecule has 0 aliphatic heterocycles. The van der Waals surface area contributed by atoms with Gasteiger partial charge in [-0.2, -0.15) is 0 Å². The van der Waals surface area contributed by atoms with Crippen molar-refractivity contribution in [1.29, 1.82) is 0 Å². The largest absolute Gasteiger partial charge is 0.494 e. The molecule has 2 aromatic carbocycles. The maximum Gasteiger partial charge on any atom is 0.209 e. The Morgan fingerprint density at radius 3 is 2.60 bits per heavy atom. The molecule has 1 aromatic heterocycles. The maximum absolute atomic E-state index is 13.0. The van der Waals surface area contributed by atoms with Crippen LogP contribution in [0.25, 0.3) is 11.3 Å². The molecule has 0 amide bonds. The van der Waals surface area contributed by atoms with Crippen LogP contribution in [-0.4, -0.2) is 23.5 Å². The fourth-order valence-electron chi connectivity index (χ4n) is 2.64. The highest BCUT2D eigenvalue weighted by molar-refractivity contribution is 5.55. The Kier molecular flexibility index (Phi) is 5.46. The maximum atomic E-state index is 13.0. The number of ether oxygens (including phenoxy) is 1. The second-order valence-electron chi connectivity index (χ2n) is 5.84. The van der Waals surface area contributed by atoms with E-state index in [1.54, 1.807) is 18.3 Å². The number of hydrogen-bond acceptors (Lipinski definition) is 4. The minimum Gasteiger partial charge on any atom is -0.494 e. The van der Waals surface area contributed by atoms with Crippen molar-refractivity contribution in [2.75, 3.05) is 13.7 Å². The van der Waals surface area contributed by atoms with E-state index in [1.807, 2.05) is 32.2 Å². The van der Waals surface area contributed by atoms with E-state index in [0.717, 1.165) is 23.4 Å². The van der Waals surface area contributed by atoms with Gasteiger partial charge in [0.2, 0.25) is 5.89 Å². The predicted octanol–water partition coefficient (Wildman–Crippen LogP) is 4.51. The second-order valence-corrected chi connectivity index (χ2v) is 5.84. The summed E-state index contributed by atoms with van der Waals surface area (Å²) in [5, 5.41) is 0. The van der Waals surface area contributed by atoms with Crippen molar-refractivity contribution in [3.63, 3.8) is 0 Å². The summed E-state index contributed by atoms with van der Waals surface area (Å²) in [5.74, 6) is 1.89. The van der Waals surface area contributed by atoms with Crippen LogP contribution in [0.3, 0.4) is 0 Å². The van der Waals surface area contributed by atoms with E-state index < -0.39 is 0 Å². The van der Waals surface area contributed by atoms with Crippen molar-refractivity contribution in [3.05, 3.63) is 72.0 Å². The molecule has 0 aliphatic rings. The lowest BCUT2D eigenvalue weighted by Gasteiger charge is -2.17. The standard InChI is InChI=1S/C20H21FN2O2/c1-3-24-18-7-5-4-6-16(18)13-23(2)14-20-22-12-19(25-20)15-8-10-17(21)11-9-15/h4-12H,3,13-14H2,1-2H3.